The van der Waals surface area contributed by atoms with E-state index in [1.165, 1.54) is 10.4 Å². The van der Waals surface area contributed by atoms with E-state index in [1.54, 1.807) is 17.5 Å². The molecule has 2 aromatic heterocycles. The van der Waals surface area contributed by atoms with Crippen molar-refractivity contribution in [3.63, 3.8) is 0 Å². The van der Waals surface area contributed by atoms with Gasteiger partial charge in [-0.25, -0.2) is 4.98 Å². The Balaban J connectivity index is 1.84. The molecule has 0 atom stereocenters. The van der Waals surface area contributed by atoms with Gasteiger partial charge in [-0.3, -0.25) is 4.98 Å². The summed E-state index contributed by atoms with van der Waals surface area (Å²) in [5, 5.41) is 0.618. The van der Waals surface area contributed by atoms with Gasteiger partial charge in [-0.05, 0) is 30.5 Å². The van der Waals surface area contributed by atoms with E-state index >= 15 is 0 Å². The third-order valence-electron chi connectivity index (χ3n) is 3.13. The number of thiazole rings is 1. The third kappa shape index (κ3) is 2.86. The highest BCUT2D eigenvalue weighted by molar-refractivity contribution is 7.15. The summed E-state index contributed by atoms with van der Waals surface area (Å²) in [6, 6.07) is 14.4. The number of hydrogen-bond donors (Lipinski definition) is 1. The van der Waals surface area contributed by atoms with Crippen LogP contribution in [-0.2, 0) is 12.8 Å². The van der Waals surface area contributed by atoms with Crippen molar-refractivity contribution in [1.29, 1.82) is 0 Å². The van der Waals surface area contributed by atoms with E-state index in [0.29, 0.717) is 5.13 Å². The quantitative estimate of drug-likeness (QED) is 0.795. The van der Waals surface area contributed by atoms with Gasteiger partial charge >= 0.3 is 0 Å². The van der Waals surface area contributed by atoms with Crippen LogP contribution >= 0.6 is 11.3 Å². The third-order valence-corrected chi connectivity index (χ3v) is 4.08. The highest BCUT2D eigenvalue weighted by Crippen LogP contribution is 2.30. The Morgan fingerprint density at radius 2 is 1.85 bits per heavy atom. The highest BCUT2D eigenvalue weighted by Gasteiger charge is 2.11. The van der Waals surface area contributed by atoms with Crippen molar-refractivity contribution in [2.75, 3.05) is 5.73 Å². The topological polar surface area (TPSA) is 51.8 Å². The molecule has 1 aromatic carbocycles. The first-order chi connectivity index (χ1) is 9.83. The van der Waals surface area contributed by atoms with Gasteiger partial charge in [0.2, 0.25) is 0 Å². The van der Waals surface area contributed by atoms with E-state index in [-0.39, 0.29) is 0 Å². The first-order valence-corrected chi connectivity index (χ1v) is 7.34. The molecule has 3 rings (SSSR count). The SMILES string of the molecule is Nc1nc(-c2cccnc2)c(CCc2ccccc2)s1. The molecule has 0 amide bonds. The molecular formula is C16H15N3S. The summed E-state index contributed by atoms with van der Waals surface area (Å²) < 4.78 is 0. The van der Waals surface area contributed by atoms with Crippen LogP contribution < -0.4 is 5.73 Å². The largest absolute Gasteiger partial charge is 0.375 e. The van der Waals surface area contributed by atoms with E-state index < -0.39 is 0 Å². The van der Waals surface area contributed by atoms with Crippen molar-refractivity contribution >= 4 is 16.5 Å². The first-order valence-electron chi connectivity index (χ1n) is 6.52. The summed E-state index contributed by atoms with van der Waals surface area (Å²) in [5.41, 5.74) is 9.20. The lowest BCUT2D eigenvalue weighted by atomic mass is 10.1. The van der Waals surface area contributed by atoms with Gasteiger partial charge < -0.3 is 5.73 Å². The molecule has 4 heteroatoms. The predicted octanol–water partition coefficient (Wildman–Crippen LogP) is 3.57. The second-order valence-corrected chi connectivity index (χ2v) is 5.67. The summed E-state index contributed by atoms with van der Waals surface area (Å²) in [6.07, 6.45) is 5.54. The lowest BCUT2D eigenvalue weighted by molar-refractivity contribution is 0.978. The fraction of sp³-hybridized carbons (Fsp3) is 0.125. The second kappa shape index (κ2) is 5.84. The fourth-order valence-electron chi connectivity index (χ4n) is 2.17. The van der Waals surface area contributed by atoms with E-state index in [0.717, 1.165) is 24.1 Å². The summed E-state index contributed by atoms with van der Waals surface area (Å²) in [5.74, 6) is 0. The zero-order valence-electron chi connectivity index (χ0n) is 11.0. The molecule has 0 aliphatic carbocycles. The van der Waals surface area contributed by atoms with Crippen molar-refractivity contribution < 1.29 is 0 Å². The number of aromatic nitrogens is 2. The summed E-state index contributed by atoms with van der Waals surface area (Å²) >= 11 is 1.57. The Hall–Kier alpha value is -2.20. The number of pyridine rings is 1. The van der Waals surface area contributed by atoms with Crippen LogP contribution in [0.4, 0.5) is 5.13 Å². The number of nitrogens with two attached hydrogens (primary N) is 1. The maximum absolute atomic E-state index is 5.87. The molecule has 2 heterocycles. The van der Waals surface area contributed by atoms with Crippen LogP contribution in [0.5, 0.6) is 0 Å². The Morgan fingerprint density at radius 3 is 2.60 bits per heavy atom. The second-order valence-electron chi connectivity index (χ2n) is 4.55. The van der Waals surface area contributed by atoms with Gasteiger partial charge in [-0.1, -0.05) is 30.3 Å². The van der Waals surface area contributed by atoms with Gasteiger partial charge in [0.25, 0.3) is 0 Å². The number of aryl methyl sites for hydroxylation is 2. The van der Waals surface area contributed by atoms with Crippen molar-refractivity contribution in [3.05, 3.63) is 65.3 Å². The van der Waals surface area contributed by atoms with Crippen LogP contribution in [0.15, 0.2) is 54.9 Å². The maximum Gasteiger partial charge on any atom is 0.180 e. The number of hydrogen-bond acceptors (Lipinski definition) is 4. The molecule has 0 fully saturated rings. The molecule has 0 saturated carbocycles. The molecule has 3 nitrogen and oxygen atoms in total. The van der Waals surface area contributed by atoms with Gasteiger partial charge in [0.1, 0.15) is 0 Å². The molecule has 0 bridgehead atoms. The number of benzene rings is 1. The summed E-state index contributed by atoms with van der Waals surface area (Å²) in [7, 11) is 0. The van der Waals surface area contributed by atoms with E-state index in [9.17, 15) is 0 Å². The van der Waals surface area contributed by atoms with Gasteiger partial charge in [0, 0.05) is 22.8 Å². The van der Waals surface area contributed by atoms with Crippen molar-refractivity contribution in [1.82, 2.24) is 9.97 Å². The van der Waals surface area contributed by atoms with Crippen LogP contribution in [0, 0.1) is 0 Å². The number of nitrogen functional groups attached to an aromatic ring is 1. The van der Waals surface area contributed by atoms with E-state index in [2.05, 4.69) is 34.2 Å². The minimum atomic E-state index is 0.618. The van der Waals surface area contributed by atoms with Crippen molar-refractivity contribution in [3.8, 4) is 11.3 Å². The zero-order chi connectivity index (χ0) is 13.8. The highest BCUT2D eigenvalue weighted by atomic mass is 32.1. The van der Waals surface area contributed by atoms with Gasteiger partial charge in [-0.2, -0.15) is 0 Å². The van der Waals surface area contributed by atoms with Crippen LogP contribution in [0.25, 0.3) is 11.3 Å². The monoisotopic (exact) mass is 281 g/mol. The minimum Gasteiger partial charge on any atom is -0.375 e. The Morgan fingerprint density at radius 1 is 1.00 bits per heavy atom. The van der Waals surface area contributed by atoms with Crippen LogP contribution in [-0.4, -0.2) is 9.97 Å². The molecular weight excluding hydrogens is 266 g/mol. The van der Waals surface area contributed by atoms with Crippen molar-refractivity contribution in [2.24, 2.45) is 0 Å². The fourth-order valence-corrected chi connectivity index (χ4v) is 3.02. The molecule has 100 valence electrons. The first kappa shape index (κ1) is 12.8. The zero-order valence-corrected chi connectivity index (χ0v) is 11.8. The van der Waals surface area contributed by atoms with Crippen LogP contribution in [0.1, 0.15) is 10.4 Å². The smallest absolute Gasteiger partial charge is 0.180 e. The lowest BCUT2D eigenvalue weighted by Crippen LogP contribution is -1.91. The van der Waals surface area contributed by atoms with Crippen molar-refractivity contribution in [2.45, 2.75) is 12.8 Å². The predicted molar refractivity (Wildman–Crippen MR) is 83.6 cm³/mol. The molecule has 0 spiro atoms. The van der Waals surface area contributed by atoms with Crippen LogP contribution in [0.3, 0.4) is 0 Å². The number of rotatable bonds is 4. The van der Waals surface area contributed by atoms with Crippen LogP contribution in [0.2, 0.25) is 0 Å². The molecule has 0 saturated heterocycles. The average Bonchev–Trinajstić information content (AvgIpc) is 2.88. The minimum absolute atomic E-state index is 0.618. The molecule has 0 radical (unpaired) electrons. The van der Waals surface area contributed by atoms with Gasteiger partial charge in [0.05, 0.1) is 5.69 Å². The van der Waals surface area contributed by atoms with E-state index in [1.807, 2.05) is 24.4 Å². The van der Waals surface area contributed by atoms with E-state index in [4.69, 9.17) is 5.73 Å². The Kier molecular flexibility index (Phi) is 3.74. The molecule has 0 unspecified atom stereocenters. The number of nitrogens with zero attached hydrogens (tertiary/aromatic N) is 2. The normalized spacial score (nSPS) is 10.6. The summed E-state index contributed by atoms with van der Waals surface area (Å²) in [6.45, 7) is 0. The Labute approximate surface area is 122 Å². The molecule has 20 heavy (non-hydrogen) atoms. The standard InChI is InChI=1S/C16H15N3S/c17-16-19-15(13-7-4-10-18-11-13)14(20-16)9-8-12-5-2-1-3-6-12/h1-7,10-11H,8-9H2,(H2,17,19). The molecule has 3 aromatic rings. The van der Waals surface area contributed by atoms with Gasteiger partial charge in [-0.15, -0.1) is 11.3 Å². The Bertz CT molecular complexity index is 677. The number of anilines is 1. The van der Waals surface area contributed by atoms with Gasteiger partial charge in [0.15, 0.2) is 5.13 Å². The summed E-state index contributed by atoms with van der Waals surface area (Å²) in [4.78, 5) is 9.82. The lowest BCUT2D eigenvalue weighted by Gasteiger charge is -2.02. The molecule has 0 aliphatic heterocycles. The molecule has 0 aliphatic rings. The average molecular weight is 281 g/mol. The maximum atomic E-state index is 5.87. The molecule has 2 N–H and O–H groups in total.